The number of amides is 2. The van der Waals surface area contributed by atoms with Crippen molar-refractivity contribution in [2.75, 3.05) is 50.0 Å². The molecule has 8 heteroatoms. The molecule has 0 bridgehead atoms. The van der Waals surface area contributed by atoms with Crippen molar-refractivity contribution in [2.24, 2.45) is 0 Å². The minimum Gasteiger partial charge on any atom is -0.450 e. The van der Waals surface area contributed by atoms with Crippen molar-refractivity contribution in [3.8, 4) is 11.1 Å². The summed E-state index contributed by atoms with van der Waals surface area (Å²) in [5.41, 5.74) is 6.09. The molecule has 2 fully saturated rings. The molecule has 0 aromatic heterocycles. The van der Waals surface area contributed by atoms with Crippen molar-refractivity contribution >= 4 is 29.7 Å². The third kappa shape index (κ3) is 6.01. The molecule has 2 aromatic rings. The van der Waals surface area contributed by atoms with Crippen LogP contribution in [0, 0.1) is 0 Å². The number of aldehydes is 1. The normalized spacial score (nSPS) is 18.6. The lowest BCUT2D eigenvalue weighted by atomic mass is 9.73. The highest BCUT2D eigenvalue weighted by Crippen LogP contribution is 2.48. The standard InChI is InChI=1S/C28H36N4O3.C2H4O.H2/c1-3-35-27(34)32-15-11-23(12-16-32)31-17-13-28(14-18-31)19-29-26-24(5-4-6-25(26)28)21-7-9-22(10-8-21)30-20(2)33;1-2-3;/h4-10,23,29H,3,11-19H2,1-2H3,(H,30,33);2H,1H3;1H. The summed E-state index contributed by atoms with van der Waals surface area (Å²) in [6, 6.07) is 15.3. The van der Waals surface area contributed by atoms with Gasteiger partial charge in [-0.15, -0.1) is 0 Å². The summed E-state index contributed by atoms with van der Waals surface area (Å²) >= 11 is 0. The quantitative estimate of drug-likeness (QED) is 0.540. The van der Waals surface area contributed by atoms with Gasteiger partial charge < -0.3 is 30.0 Å². The zero-order valence-electron chi connectivity index (χ0n) is 22.8. The van der Waals surface area contributed by atoms with Crippen LogP contribution < -0.4 is 10.6 Å². The van der Waals surface area contributed by atoms with Crippen LogP contribution in [0.25, 0.3) is 11.1 Å². The van der Waals surface area contributed by atoms with Gasteiger partial charge in [0.2, 0.25) is 5.91 Å². The number of hydrogen-bond donors (Lipinski definition) is 2. The number of ether oxygens (including phenoxy) is 1. The van der Waals surface area contributed by atoms with Gasteiger partial charge in [-0.1, -0.05) is 30.3 Å². The summed E-state index contributed by atoms with van der Waals surface area (Å²) in [4.78, 5) is 36.7. The number of fused-ring (bicyclic) bond motifs is 2. The Labute approximate surface area is 227 Å². The Morgan fingerprint density at radius 1 is 1.11 bits per heavy atom. The van der Waals surface area contributed by atoms with Crippen LogP contribution in [0.2, 0.25) is 0 Å². The first-order chi connectivity index (χ1) is 18.4. The SMILES string of the molecule is CC=O.CCOC(=O)N1CCC(N2CCC3(CC2)CNc2c(-c4ccc(NC(C)=O)cc4)cccc23)CC1.[HH]. The monoisotopic (exact) mass is 522 g/mol. The molecule has 0 radical (unpaired) electrons. The van der Waals surface area contributed by atoms with Gasteiger partial charge in [0, 0.05) is 56.4 Å². The van der Waals surface area contributed by atoms with Gasteiger partial charge in [-0.3, -0.25) is 4.79 Å². The fourth-order valence-corrected chi connectivity index (χ4v) is 6.11. The van der Waals surface area contributed by atoms with E-state index in [1.165, 1.54) is 30.7 Å². The third-order valence-electron chi connectivity index (χ3n) is 8.02. The molecule has 3 aliphatic rings. The molecule has 8 nitrogen and oxygen atoms in total. The first-order valence-corrected chi connectivity index (χ1v) is 13.7. The molecule has 5 rings (SSSR count). The maximum Gasteiger partial charge on any atom is 0.409 e. The van der Waals surface area contributed by atoms with Gasteiger partial charge in [-0.25, -0.2) is 4.79 Å². The lowest BCUT2D eigenvalue weighted by molar-refractivity contribution is -0.114. The van der Waals surface area contributed by atoms with Gasteiger partial charge in [0.05, 0.1) is 6.61 Å². The molecular weight excluding hydrogens is 480 g/mol. The van der Waals surface area contributed by atoms with Crippen molar-refractivity contribution in [2.45, 2.75) is 57.9 Å². The molecule has 3 aliphatic heterocycles. The van der Waals surface area contributed by atoms with E-state index in [0.29, 0.717) is 12.6 Å². The number of carbonyl (C=O) groups excluding carboxylic acids is 3. The Morgan fingerprint density at radius 3 is 2.37 bits per heavy atom. The molecule has 0 atom stereocenters. The number of rotatable bonds is 4. The van der Waals surface area contributed by atoms with Crippen LogP contribution in [0.15, 0.2) is 42.5 Å². The molecular formula is C30H42N4O4. The first kappa shape index (κ1) is 27.6. The Hall–Kier alpha value is -3.39. The summed E-state index contributed by atoms with van der Waals surface area (Å²) in [5.74, 6) is -0.0575. The second kappa shape index (κ2) is 12.4. The molecule has 2 saturated heterocycles. The van der Waals surface area contributed by atoms with E-state index in [4.69, 9.17) is 9.53 Å². The van der Waals surface area contributed by atoms with Crippen LogP contribution in [0.1, 0.15) is 53.4 Å². The average Bonchev–Trinajstić information content (AvgIpc) is 3.28. The predicted molar refractivity (Wildman–Crippen MR) is 153 cm³/mol. The van der Waals surface area contributed by atoms with E-state index in [0.717, 1.165) is 75.9 Å². The molecule has 206 valence electrons. The van der Waals surface area contributed by atoms with Gasteiger partial charge in [-0.2, -0.15) is 0 Å². The number of para-hydroxylation sites is 1. The third-order valence-corrected chi connectivity index (χ3v) is 8.02. The molecule has 1 spiro atoms. The number of likely N-dealkylation sites (tertiary alicyclic amines) is 2. The molecule has 0 unspecified atom stereocenters. The fourth-order valence-electron chi connectivity index (χ4n) is 6.11. The highest BCUT2D eigenvalue weighted by molar-refractivity contribution is 5.89. The Morgan fingerprint density at radius 2 is 1.76 bits per heavy atom. The van der Waals surface area contributed by atoms with Crippen LogP contribution in [0.5, 0.6) is 0 Å². The lowest BCUT2D eigenvalue weighted by Gasteiger charge is -2.45. The molecule has 0 aliphatic carbocycles. The van der Waals surface area contributed by atoms with E-state index in [2.05, 4.69) is 45.9 Å². The number of piperidine rings is 2. The maximum absolute atomic E-state index is 12.0. The van der Waals surface area contributed by atoms with Crippen molar-refractivity contribution < 1.29 is 20.5 Å². The van der Waals surface area contributed by atoms with Gasteiger partial charge >= 0.3 is 6.09 Å². The topological polar surface area (TPSA) is 91.0 Å². The number of hydrogen-bond acceptors (Lipinski definition) is 6. The fraction of sp³-hybridized carbons (Fsp3) is 0.500. The average molecular weight is 523 g/mol. The molecule has 2 aromatic carbocycles. The highest BCUT2D eigenvalue weighted by atomic mass is 16.6. The van der Waals surface area contributed by atoms with Gasteiger partial charge in [0.25, 0.3) is 0 Å². The van der Waals surface area contributed by atoms with Crippen LogP contribution in [0.4, 0.5) is 16.2 Å². The lowest BCUT2D eigenvalue weighted by Crippen LogP contribution is -2.51. The van der Waals surface area contributed by atoms with Crippen LogP contribution >= 0.6 is 0 Å². The van der Waals surface area contributed by atoms with E-state index >= 15 is 0 Å². The van der Waals surface area contributed by atoms with E-state index in [1.54, 1.807) is 0 Å². The molecule has 2 amide bonds. The molecule has 0 saturated carbocycles. The van der Waals surface area contributed by atoms with Crippen LogP contribution in [-0.4, -0.2) is 73.5 Å². The van der Waals surface area contributed by atoms with Crippen molar-refractivity contribution in [1.82, 2.24) is 9.80 Å². The van der Waals surface area contributed by atoms with E-state index in [9.17, 15) is 9.59 Å². The summed E-state index contributed by atoms with van der Waals surface area (Å²) in [5, 5.41) is 6.60. The highest BCUT2D eigenvalue weighted by Gasteiger charge is 2.43. The largest absolute Gasteiger partial charge is 0.450 e. The number of nitrogens with zero attached hydrogens (tertiary/aromatic N) is 2. The van der Waals surface area contributed by atoms with Gasteiger partial charge in [0.15, 0.2) is 0 Å². The maximum atomic E-state index is 12.0. The predicted octanol–water partition coefficient (Wildman–Crippen LogP) is 5.14. The van der Waals surface area contributed by atoms with E-state index in [1.807, 2.05) is 24.0 Å². The van der Waals surface area contributed by atoms with Gasteiger partial charge in [0.1, 0.15) is 6.29 Å². The zero-order chi connectivity index (χ0) is 27.1. The van der Waals surface area contributed by atoms with Gasteiger partial charge in [-0.05, 0) is 75.9 Å². The summed E-state index contributed by atoms with van der Waals surface area (Å²) < 4.78 is 5.17. The number of carbonyl (C=O) groups is 3. The van der Waals surface area contributed by atoms with E-state index < -0.39 is 0 Å². The Balaban J connectivity index is 0.00000101. The smallest absolute Gasteiger partial charge is 0.409 e. The van der Waals surface area contributed by atoms with Crippen LogP contribution in [0.3, 0.4) is 0 Å². The first-order valence-electron chi connectivity index (χ1n) is 13.7. The summed E-state index contributed by atoms with van der Waals surface area (Å²) in [6.07, 6.45) is 4.93. The summed E-state index contributed by atoms with van der Waals surface area (Å²) in [6.45, 7) is 10.0. The minimum atomic E-state index is -0.169. The molecule has 3 heterocycles. The van der Waals surface area contributed by atoms with Crippen molar-refractivity contribution in [1.29, 1.82) is 0 Å². The number of anilines is 2. The Kier molecular flexibility index (Phi) is 9.05. The summed E-state index contributed by atoms with van der Waals surface area (Å²) in [7, 11) is 0. The van der Waals surface area contributed by atoms with E-state index in [-0.39, 0.29) is 18.8 Å². The molecule has 2 N–H and O–H groups in total. The number of nitrogens with one attached hydrogen (secondary N) is 2. The molecule has 38 heavy (non-hydrogen) atoms. The zero-order valence-corrected chi connectivity index (χ0v) is 22.8. The Bertz CT molecular complexity index is 1120. The second-order valence-electron chi connectivity index (χ2n) is 10.3. The van der Waals surface area contributed by atoms with Crippen molar-refractivity contribution in [3.63, 3.8) is 0 Å². The van der Waals surface area contributed by atoms with Crippen LogP contribution in [-0.2, 0) is 19.7 Å². The minimum absolute atomic E-state index is 0. The van der Waals surface area contributed by atoms with Crippen molar-refractivity contribution in [3.05, 3.63) is 48.0 Å². The second-order valence-corrected chi connectivity index (χ2v) is 10.3. The number of benzene rings is 2.